The Kier molecular flexibility index (Phi) is 3.63. The Morgan fingerprint density at radius 1 is 1.18 bits per heavy atom. The van der Waals surface area contributed by atoms with Gasteiger partial charge in [-0.1, -0.05) is 18.2 Å². The van der Waals surface area contributed by atoms with Crippen LogP contribution in [0.5, 0.6) is 0 Å². The maximum atomic E-state index is 8.78. The molecule has 0 atom stereocenters. The Morgan fingerprint density at radius 3 is 2.76 bits per heavy atom. The first-order valence-corrected chi connectivity index (χ1v) is 6.33. The molecule has 0 unspecified atom stereocenters. The van der Waals surface area contributed by atoms with E-state index in [0.29, 0.717) is 11.5 Å². The van der Waals surface area contributed by atoms with Gasteiger partial charge in [0, 0.05) is 4.90 Å². The summed E-state index contributed by atoms with van der Waals surface area (Å²) in [6.07, 6.45) is 2.03. The maximum Gasteiger partial charge on any atom is 0.142 e. The van der Waals surface area contributed by atoms with E-state index in [9.17, 15) is 0 Å². The number of aromatic nitrogens is 1. The van der Waals surface area contributed by atoms with E-state index in [-0.39, 0.29) is 0 Å². The van der Waals surface area contributed by atoms with Crippen LogP contribution in [0.25, 0.3) is 0 Å². The SMILES string of the molecule is CSc1ccccc1Nc1cccc(C#N)n1. The van der Waals surface area contributed by atoms with Crippen LogP contribution in [0.4, 0.5) is 11.5 Å². The van der Waals surface area contributed by atoms with Crippen molar-refractivity contribution in [1.82, 2.24) is 4.98 Å². The summed E-state index contributed by atoms with van der Waals surface area (Å²) in [4.78, 5) is 5.33. The summed E-state index contributed by atoms with van der Waals surface area (Å²) in [5.41, 5.74) is 1.42. The summed E-state index contributed by atoms with van der Waals surface area (Å²) in [5, 5.41) is 12.0. The summed E-state index contributed by atoms with van der Waals surface area (Å²) >= 11 is 1.67. The minimum Gasteiger partial charge on any atom is -0.339 e. The minimum atomic E-state index is 0.414. The predicted molar refractivity (Wildman–Crippen MR) is 70.5 cm³/mol. The van der Waals surface area contributed by atoms with Gasteiger partial charge in [-0.25, -0.2) is 4.98 Å². The second kappa shape index (κ2) is 5.37. The molecule has 0 aliphatic rings. The molecule has 0 aliphatic heterocycles. The van der Waals surface area contributed by atoms with Crippen molar-refractivity contribution in [2.45, 2.75) is 4.90 Å². The van der Waals surface area contributed by atoms with E-state index >= 15 is 0 Å². The molecule has 1 heterocycles. The van der Waals surface area contributed by atoms with Crippen LogP contribution in [0.2, 0.25) is 0 Å². The molecule has 2 rings (SSSR count). The van der Waals surface area contributed by atoms with E-state index in [4.69, 9.17) is 5.26 Å². The van der Waals surface area contributed by atoms with Crippen LogP contribution in [0.15, 0.2) is 47.4 Å². The number of rotatable bonds is 3. The summed E-state index contributed by atoms with van der Waals surface area (Å²) in [6.45, 7) is 0. The van der Waals surface area contributed by atoms with Crippen molar-refractivity contribution in [3.05, 3.63) is 48.2 Å². The molecule has 3 nitrogen and oxygen atoms in total. The Labute approximate surface area is 105 Å². The average molecular weight is 241 g/mol. The third-order valence-electron chi connectivity index (χ3n) is 2.23. The molecule has 0 aliphatic carbocycles. The van der Waals surface area contributed by atoms with Gasteiger partial charge in [-0.15, -0.1) is 11.8 Å². The highest BCUT2D eigenvalue weighted by molar-refractivity contribution is 7.98. The lowest BCUT2D eigenvalue weighted by atomic mass is 10.3. The van der Waals surface area contributed by atoms with Crippen molar-refractivity contribution in [3.8, 4) is 6.07 Å². The summed E-state index contributed by atoms with van der Waals surface area (Å²) < 4.78 is 0. The summed E-state index contributed by atoms with van der Waals surface area (Å²) in [6, 6.07) is 15.4. The third kappa shape index (κ3) is 2.77. The number of benzene rings is 1. The van der Waals surface area contributed by atoms with Crippen LogP contribution >= 0.6 is 11.8 Å². The number of nitrogens with zero attached hydrogens (tertiary/aromatic N) is 2. The molecule has 0 saturated carbocycles. The lowest BCUT2D eigenvalue weighted by Gasteiger charge is -2.09. The molecule has 4 heteroatoms. The van der Waals surface area contributed by atoms with Crippen LogP contribution < -0.4 is 5.32 Å². The van der Waals surface area contributed by atoms with E-state index in [1.165, 1.54) is 0 Å². The van der Waals surface area contributed by atoms with Crippen molar-refractivity contribution in [3.63, 3.8) is 0 Å². The topological polar surface area (TPSA) is 48.7 Å². The number of thioether (sulfide) groups is 1. The number of pyridine rings is 1. The van der Waals surface area contributed by atoms with Crippen LogP contribution in [0.1, 0.15) is 5.69 Å². The molecule has 0 fully saturated rings. The number of anilines is 2. The molecule has 17 heavy (non-hydrogen) atoms. The summed E-state index contributed by atoms with van der Waals surface area (Å²) in [5.74, 6) is 0.686. The van der Waals surface area contributed by atoms with Crippen molar-refractivity contribution in [2.24, 2.45) is 0 Å². The molecular weight excluding hydrogens is 230 g/mol. The molecule has 0 spiro atoms. The van der Waals surface area contributed by atoms with Gasteiger partial charge in [-0.2, -0.15) is 5.26 Å². The molecule has 0 amide bonds. The highest BCUT2D eigenvalue weighted by Crippen LogP contribution is 2.26. The van der Waals surface area contributed by atoms with Gasteiger partial charge < -0.3 is 5.32 Å². The molecule has 0 saturated heterocycles. The Morgan fingerprint density at radius 2 is 2.00 bits per heavy atom. The summed E-state index contributed by atoms with van der Waals surface area (Å²) in [7, 11) is 0. The van der Waals surface area contributed by atoms with E-state index in [0.717, 1.165) is 10.6 Å². The van der Waals surface area contributed by atoms with Crippen molar-refractivity contribution >= 4 is 23.3 Å². The standard InChI is InChI=1S/C13H11N3S/c1-17-12-7-3-2-6-11(12)16-13-8-4-5-10(9-14)15-13/h2-8H,1H3,(H,15,16). The first kappa shape index (κ1) is 11.5. The van der Waals surface area contributed by atoms with Crippen LogP contribution in [-0.4, -0.2) is 11.2 Å². The van der Waals surface area contributed by atoms with Crippen molar-refractivity contribution in [1.29, 1.82) is 5.26 Å². The first-order chi connectivity index (χ1) is 8.33. The number of hydrogen-bond donors (Lipinski definition) is 1. The van der Waals surface area contributed by atoms with Crippen LogP contribution in [0.3, 0.4) is 0 Å². The first-order valence-electron chi connectivity index (χ1n) is 5.10. The van der Waals surface area contributed by atoms with Gasteiger partial charge in [0.15, 0.2) is 0 Å². The largest absolute Gasteiger partial charge is 0.339 e. The van der Waals surface area contributed by atoms with Gasteiger partial charge in [0.2, 0.25) is 0 Å². The van der Waals surface area contributed by atoms with E-state index in [1.807, 2.05) is 48.7 Å². The molecule has 84 valence electrons. The molecule has 1 aromatic heterocycles. The van der Waals surface area contributed by atoms with Crippen LogP contribution in [-0.2, 0) is 0 Å². The zero-order valence-electron chi connectivity index (χ0n) is 9.34. The lowest BCUT2D eigenvalue weighted by molar-refractivity contribution is 1.24. The second-order valence-electron chi connectivity index (χ2n) is 3.35. The third-order valence-corrected chi connectivity index (χ3v) is 3.03. The number of para-hydroxylation sites is 1. The highest BCUT2D eigenvalue weighted by atomic mass is 32.2. The number of hydrogen-bond acceptors (Lipinski definition) is 4. The van der Waals surface area contributed by atoms with Gasteiger partial charge >= 0.3 is 0 Å². The fourth-order valence-electron chi connectivity index (χ4n) is 1.45. The smallest absolute Gasteiger partial charge is 0.142 e. The zero-order chi connectivity index (χ0) is 12.1. The molecule has 0 radical (unpaired) electrons. The number of nitrogens with one attached hydrogen (secondary N) is 1. The van der Waals surface area contributed by atoms with Gasteiger partial charge in [0.05, 0.1) is 5.69 Å². The Balaban J connectivity index is 2.28. The predicted octanol–water partition coefficient (Wildman–Crippen LogP) is 3.42. The molecule has 2 aromatic rings. The van der Waals surface area contributed by atoms with Gasteiger partial charge in [0.1, 0.15) is 17.6 Å². The van der Waals surface area contributed by atoms with E-state index in [1.54, 1.807) is 17.8 Å². The Bertz CT molecular complexity index is 561. The van der Waals surface area contributed by atoms with Crippen molar-refractivity contribution < 1.29 is 0 Å². The molecule has 0 bridgehead atoms. The number of nitriles is 1. The molecule has 1 N–H and O–H groups in total. The van der Waals surface area contributed by atoms with Gasteiger partial charge in [-0.3, -0.25) is 0 Å². The minimum absolute atomic E-state index is 0.414. The highest BCUT2D eigenvalue weighted by Gasteiger charge is 2.02. The average Bonchev–Trinajstić information content (AvgIpc) is 2.39. The normalized spacial score (nSPS) is 9.65. The van der Waals surface area contributed by atoms with Gasteiger partial charge in [-0.05, 0) is 30.5 Å². The van der Waals surface area contributed by atoms with Crippen LogP contribution in [0, 0.1) is 11.3 Å². The lowest BCUT2D eigenvalue weighted by Crippen LogP contribution is -1.95. The van der Waals surface area contributed by atoms with Gasteiger partial charge in [0.25, 0.3) is 0 Å². The zero-order valence-corrected chi connectivity index (χ0v) is 10.2. The maximum absolute atomic E-state index is 8.78. The fraction of sp³-hybridized carbons (Fsp3) is 0.0769. The van der Waals surface area contributed by atoms with E-state index in [2.05, 4.69) is 10.3 Å². The fourth-order valence-corrected chi connectivity index (χ4v) is 2.01. The molecule has 1 aromatic carbocycles. The molecular formula is C13H11N3S. The Hall–Kier alpha value is -1.99. The van der Waals surface area contributed by atoms with Crippen molar-refractivity contribution in [2.75, 3.05) is 11.6 Å². The quantitative estimate of drug-likeness (QED) is 0.836. The second-order valence-corrected chi connectivity index (χ2v) is 4.19. The van der Waals surface area contributed by atoms with E-state index < -0.39 is 0 Å². The monoisotopic (exact) mass is 241 g/mol.